The zero-order valence-corrected chi connectivity index (χ0v) is 10.9. The molecule has 1 N–H and O–H groups in total. The van der Waals surface area contributed by atoms with Crippen LogP contribution in [-0.2, 0) is 44.4 Å². The second-order valence-corrected chi connectivity index (χ2v) is 1.40. The molecule has 0 aromatic heterocycles. The van der Waals surface area contributed by atoms with Crippen LogP contribution in [0.5, 0.6) is 0 Å². The maximum absolute atomic E-state index is 10.1. The molecule has 0 heterocycles. The average molecular weight is 350 g/mol. The molecule has 0 aliphatic heterocycles. The first-order chi connectivity index (χ1) is 3.27. The third-order valence-corrected chi connectivity index (χ3v) is 0.594. The first-order valence-corrected chi connectivity index (χ1v) is 2.25. The van der Waals surface area contributed by atoms with Crippen molar-refractivity contribution in [3.8, 4) is 0 Å². The Morgan fingerprint density at radius 3 is 2.10 bits per heavy atom. The molecule has 0 saturated carbocycles. The van der Waals surface area contributed by atoms with Gasteiger partial charge < -0.3 is 17.5 Å². The molecule has 10 heavy (non-hydrogen) atoms. The van der Waals surface area contributed by atoms with Gasteiger partial charge in [-0.25, -0.2) is 0 Å². The van der Waals surface area contributed by atoms with Gasteiger partial charge in [0.05, 0.1) is 0 Å². The number of ketones is 1. The molecule has 0 fully saturated rings. The van der Waals surface area contributed by atoms with Crippen LogP contribution in [0, 0.1) is 14.0 Å². The second-order valence-electron chi connectivity index (χ2n) is 1.40. The summed E-state index contributed by atoms with van der Waals surface area (Å²) in [7, 11) is 1.78. The summed E-state index contributed by atoms with van der Waals surface area (Å²) in [5.41, 5.74) is 0. The topological polar surface area (TPSA) is 29.1 Å². The molecule has 0 bridgehead atoms. The van der Waals surface area contributed by atoms with E-state index >= 15 is 0 Å². The molecule has 0 aliphatic carbocycles. The SMILES string of the molecule is CN[CH-]CC(C)=O.[CH3-].[V].[W]. The Kier molecular flexibility index (Phi) is 37.0. The van der Waals surface area contributed by atoms with Crippen LogP contribution >= 0.6 is 0 Å². The van der Waals surface area contributed by atoms with Gasteiger partial charge >= 0.3 is 0 Å². The van der Waals surface area contributed by atoms with E-state index in [4.69, 9.17) is 0 Å². The molecule has 2 nitrogen and oxygen atoms in total. The Morgan fingerprint density at radius 2 is 2.00 bits per heavy atom. The molecule has 0 spiro atoms. The Labute approximate surface area is 89.7 Å². The van der Waals surface area contributed by atoms with E-state index in [2.05, 4.69) is 5.32 Å². The zero-order chi connectivity index (χ0) is 5.70. The maximum Gasteiger partial charge on any atom is 0.101 e. The van der Waals surface area contributed by atoms with E-state index in [9.17, 15) is 4.79 Å². The molecule has 0 saturated heterocycles. The van der Waals surface area contributed by atoms with Crippen LogP contribution in [0.4, 0.5) is 0 Å². The van der Waals surface area contributed by atoms with Crippen LogP contribution in [0.25, 0.3) is 0 Å². The third-order valence-electron chi connectivity index (χ3n) is 0.594. The summed E-state index contributed by atoms with van der Waals surface area (Å²) in [4.78, 5) is 10.1. The van der Waals surface area contributed by atoms with Crippen molar-refractivity contribution in [1.82, 2.24) is 5.32 Å². The van der Waals surface area contributed by atoms with Crippen LogP contribution in [0.15, 0.2) is 0 Å². The van der Waals surface area contributed by atoms with Gasteiger partial charge in [0.15, 0.2) is 0 Å². The monoisotopic (exact) mass is 350 g/mol. The van der Waals surface area contributed by atoms with Crippen LogP contribution in [0.3, 0.4) is 0 Å². The van der Waals surface area contributed by atoms with E-state index in [1.54, 1.807) is 20.5 Å². The molecule has 0 unspecified atom stereocenters. The molecule has 0 aromatic carbocycles. The zero-order valence-electron chi connectivity index (χ0n) is 6.55. The number of hydrogen-bond donors (Lipinski definition) is 1. The van der Waals surface area contributed by atoms with Gasteiger partial charge in [-0.2, -0.15) is 0 Å². The summed E-state index contributed by atoms with van der Waals surface area (Å²) in [6.07, 6.45) is 0.524. The Morgan fingerprint density at radius 1 is 1.60 bits per heavy atom. The van der Waals surface area contributed by atoms with Crippen molar-refractivity contribution in [3.05, 3.63) is 14.0 Å². The van der Waals surface area contributed by atoms with E-state index in [1.165, 1.54) is 0 Å². The van der Waals surface area contributed by atoms with Gasteiger partial charge in [0, 0.05) is 39.6 Å². The van der Waals surface area contributed by atoms with Gasteiger partial charge in [-0.05, 0) is 14.0 Å². The molecular weight excluding hydrogens is 337 g/mol. The number of Topliss-reactive ketones (excluding diaryl/α,β-unsaturated/α-hetero) is 1. The standard InChI is InChI=1S/C5H10NO.CH3.V.W/c1-5(7)3-4-6-2;;;/h4,6H,3H2,1-2H3;1H3;;/q2*-1;;. The Bertz CT molecular complexity index is 70.8. The van der Waals surface area contributed by atoms with E-state index in [0.717, 1.165) is 0 Å². The number of carbonyl (C=O) groups is 1. The quantitative estimate of drug-likeness (QED) is 0.763. The number of nitrogens with one attached hydrogen (secondary N) is 1. The second kappa shape index (κ2) is 16.5. The van der Waals surface area contributed by atoms with Crippen molar-refractivity contribution in [1.29, 1.82) is 0 Å². The molecular formula is C6H13NOVW-2. The maximum atomic E-state index is 10.1. The first kappa shape index (κ1) is 22.4. The van der Waals surface area contributed by atoms with E-state index in [-0.39, 0.29) is 52.8 Å². The molecule has 0 atom stereocenters. The van der Waals surface area contributed by atoms with Gasteiger partial charge in [0.2, 0.25) is 0 Å². The minimum Gasteiger partial charge on any atom is -0.472 e. The summed E-state index contributed by atoms with van der Waals surface area (Å²) in [5.74, 6) is 0.189. The Hall–Kier alpha value is 0.903. The smallest absolute Gasteiger partial charge is 0.101 e. The minimum atomic E-state index is 0. The van der Waals surface area contributed by atoms with E-state index in [1.807, 2.05) is 0 Å². The molecule has 1 radical (unpaired) electrons. The fraction of sp³-hybridized carbons (Fsp3) is 0.500. The van der Waals surface area contributed by atoms with Crippen molar-refractivity contribution in [3.63, 3.8) is 0 Å². The van der Waals surface area contributed by atoms with Gasteiger partial charge in [-0.15, -0.1) is 6.42 Å². The Balaban J connectivity index is -0.0000000600. The first-order valence-electron chi connectivity index (χ1n) is 2.25. The normalized spacial score (nSPS) is 6.20. The molecule has 0 aliphatic rings. The molecule has 61 valence electrons. The summed E-state index contributed by atoms with van der Waals surface area (Å²) < 4.78 is 0. The molecule has 0 amide bonds. The van der Waals surface area contributed by atoms with Gasteiger partial charge in [-0.1, -0.05) is 0 Å². The minimum absolute atomic E-state index is 0. The predicted molar refractivity (Wildman–Crippen MR) is 35.1 cm³/mol. The number of hydrogen-bond acceptors (Lipinski definition) is 2. The predicted octanol–water partition coefficient (Wildman–Crippen LogP) is 0.792. The van der Waals surface area contributed by atoms with Crippen LogP contribution < -0.4 is 5.32 Å². The summed E-state index contributed by atoms with van der Waals surface area (Å²) >= 11 is 0. The van der Waals surface area contributed by atoms with Crippen molar-refractivity contribution in [2.24, 2.45) is 0 Å². The van der Waals surface area contributed by atoms with Crippen LogP contribution in [0.2, 0.25) is 0 Å². The molecule has 0 aromatic rings. The van der Waals surface area contributed by atoms with Crippen molar-refractivity contribution >= 4 is 5.78 Å². The van der Waals surface area contributed by atoms with E-state index in [0.29, 0.717) is 6.42 Å². The summed E-state index contributed by atoms with van der Waals surface area (Å²) in [5, 5.41) is 2.75. The van der Waals surface area contributed by atoms with Crippen LogP contribution in [0.1, 0.15) is 13.3 Å². The summed E-state index contributed by atoms with van der Waals surface area (Å²) in [6, 6.07) is 0. The van der Waals surface area contributed by atoms with Gasteiger partial charge in [-0.3, -0.25) is 6.54 Å². The molecule has 0 rings (SSSR count). The van der Waals surface area contributed by atoms with Crippen LogP contribution in [-0.4, -0.2) is 12.8 Å². The fourth-order valence-corrected chi connectivity index (χ4v) is 0.246. The van der Waals surface area contributed by atoms with Gasteiger partial charge in [0.1, 0.15) is 5.78 Å². The van der Waals surface area contributed by atoms with E-state index < -0.39 is 0 Å². The summed E-state index contributed by atoms with van der Waals surface area (Å²) in [6.45, 7) is 3.29. The van der Waals surface area contributed by atoms with Gasteiger partial charge in [0.25, 0.3) is 0 Å². The van der Waals surface area contributed by atoms with Crippen molar-refractivity contribution in [2.45, 2.75) is 13.3 Å². The molecule has 4 heteroatoms. The fourth-order valence-electron chi connectivity index (χ4n) is 0.246. The van der Waals surface area contributed by atoms with Crippen molar-refractivity contribution in [2.75, 3.05) is 7.05 Å². The largest absolute Gasteiger partial charge is 0.472 e. The van der Waals surface area contributed by atoms with Crippen molar-refractivity contribution < 1.29 is 44.4 Å². The third kappa shape index (κ3) is 23.1. The number of rotatable bonds is 3. The average Bonchev–Trinajstić information content (AvgIpc) is 1.61. The number of carbonyl (C=O) groups excluding carboxylic acids is 1.